The lowest BCUT2D eigenvalue weighted by molar-refractivity contribution is -0.402. The molecule has 3 aliphatic rings. The zero-order chi connectivity index (χ0) is 15.5. The number of hydrogen-bond acceptors (Lipinski definition) is 9. The first-order valence-corrected chi connectivity index (χ1v) is 6.07. The van der Waals surface area contributed by atoms with Gasteiger partial charge in [0.2, 0.25) is 0 Å². The first-order valence-electron chi connectivity index (χ1n) is 6.07. The van der Waals surface area contributed by atoms with Crippen molar-refractivity contribution in [2.24, 2.45) is 4.99 Å². The Morgan fingerprint density at radius 1 is 1.48 bits per heavy atom. The lowest BCUT2D eigenvalue weighted by Crippen LogP contribution is -2.54. The predicted octanol–water partition coefficient (Wildman–Crippen LogP) is -1.22. The largest absolute Gasteiger partial charge is 1.00 e. The molecule has 2 saturated heterocycles. The van der Waals surface area contributed by atoms with Gasteiger partial charge in [-0.05, 0) is 12.2 Å². The quantitative estimate of drug-likeness (QED) is 0.403. The number of allylic oxidation sites excluding steroid dienone is 2. The van der Waals surface area contributed by atoms with Crippen molar-refractivity contribution in [3.63, 3.8) is 0 Å². The van der Waals surface area contributed by atoms with Gasteiger partial charge in [0.05, 0.1) is 18.3 Å². The second-order valence-electron chi connectivity index (χ2n) is 4.57. The maximum absolute atomic E-state index is 10.6. The van der Waals surface area contributed by atoms with Gasteiger partial charge < -0.3 is 40.3 Å². The van der Waals surface area contributed by atoms with Crippen molar-refractivity contribution in [3.8, 4) is 0 Å². The topological polar surface area (TPSA) is 150 Å². The maximum Gasteiger partial charge on any atom is 1.00 e. The molecule has 4 atom stereocenters. The van der Waals surface area contributed by atoms with Gasteiger partial charge in [-0.1, -0.05) is 0 Å². The van der Waals surface area contributed by atoms with Crippen LogP contribution in [-0.4, -0.2) is 58.3 Å². The van der Waals surface area contributed by atoms with Crippen LogP contribution in [-0.2, 0) is 9.47 Å². The molecule has 3 heterocycles. The summed E-state index contributed by atoms with van der Waals surface area (Å²) < 4.78 is 10.8. The minimum absolute atomic E-state index is 0. The van der Waals surface area contributed by atoms with Crippen LogP contribution in [0.2, 0.25) is 0 Å². The highest BCUT2D eigenvalue weighted by atomic mass is 16.9. The molecule has 10 heteroatoms. The van der Waals surface area contributed by atoms with E-state index in [1.54, 1.807) is 24.6 Å². The average Bonchev–Trinajstić information content (AvgIpc) is 2.81. The molecule has 0 aromatic rings. The van der Waals surface area contributed by atoms with E-state index in [1.807, 2.05) is 0 Å². The summed E-state index contributed by atoms with van der Waals surface area (Å²) in [5.74, 6) is 0.379. The average molecular weight is 301 g/mol. The van der Waals surface area contributed by atoms with Crippen LogP contribution in [0.25, 0.3) is 0 Å². The zero-order valence-electron chi connectivity index (χ0n) is 11.8. The molecule has 2 fully saturated rings. The summed E-state index contributed by atoms with van der Waals surface area (Å²) in [6.07, 6.45) is 5.04. The van der Waals surface area contributed by atoms with Gasteiger partial charge in [-0.2, -0.15) is 0 Å². The summed E-state index contributed by atoms with van der Waals surface area (Å²) >= 11 is 0. The molecule has 0 amide bonds. The molecule has 0 aromatic carbocycles. The van der Waals surface area contributed by atoms with E-state index in [0.717, 1.165) is 0 Å². The fraction of sp³-hybridized carbons (Fsp3) is 0.545. The monoisotopic (exact) mass is 301 g/mol. The van der Waals surface area contributed by atoms with E-state index in [9.17, 15) is 10.2 Å². The third kappa shape index (κ3) is 3.19. The van der Waals surface area contributed by atoms with Crippen molar-refractivity contribution in [2.75, 3.05) is 13.2 Å². The van der Waals surface area contributed by atoms with Crippen LogP contribution in [0.4, 0.5) is 0 Å². The summed E-state index contributed by atoms with van der Waals surface area (Å²) in [6.45, 7) is 0.240. The summed E-state index contributed by atoms with van der Waals surface area (Å²) in [6, 6.07) is 0. The molecule has 0 aromatic heterocycles. The van der Waals surface area contributed by atoms with Crippen LogP contribution >= 0.6 is 0 Å². The first kappa shape index (κ1) is 15.4. The highest BCUT2D eigenvalue weighted by molar-refractivity contribution is 5.93. The van der Waals surface area contributed by atoms with Gasteiger partial charge in [-0.25, -0.2) is 4.99 Å². The Labute approximate surface area is 120 Å². The number of aliphatic hydroxyl groups excluding tert-OH is 1. The summed E-state index contributed by atoms with van der Waals surface area (Å²) in [5, 5.41) is 37.9. The Morgan fingerprint density at radius 2 is 2.19 bits per heavy atom. The molecule has 21 heavy (non-hydrogen) atoms. The highest BCUT2D eigenvalue weighted by Gasteiger charge is 2.58. The van der Waals surface area contributed by atoms with E-state index in [2.05, 4.69) is 10.3 Å². The molecule has 0 spiro atoms. The number of amidine groups is 1. The van der Waals surface area contributed by atoms with Gasteiger partial charge in [-0.15, -0.1) is 0 Å². The third-order valence-electron chi connectivity index (χ3n) is 3.22. The van der Waals surface area contributed by atoms with Crippen LogP contribution in [0.3, 0.4) is 0 Å². The van der Waals surface area contributed by atoms with E-state index >= 15 is 0 Å². The molecule has 3 N–H and O–H groups in total. The van der Waals surface area contributed by atoms with E-state index in [0.29, 0.717) is 5.84 Å². The van der Waals surface area contributed by atoms with Crippen molar-refractivity contribution in [1.29, 1.82) is 0 Å². The molecular formula is C11H15N3O7. The fourth-order valence-electron chi connectivity index (χ4n) is 2.33. The Hall–Kier alpha value is -2.01. The molecule has 3 rings (SSSR count). The van der Waals surface area contributed by atoms with E-state index in [1.165, 1.54) is 0 Å². The Balaban J connectivity index is 0.000000436. The zero-order valence-corrected chi connectivity index (χ0v) is 10.8. The van der Waals surface area contributed by atoms with Crippen molar-refractivity contribution < 1.29 is 26.2 Å². The molecule has 0 saturated carbocycles. The predicted molar refractivity (Wildman–Crippen MR) is 70.8 cm³/mol. The maximum atomic E-state index is 10.6. The van der Waals surface area contributed by atoms with Crippen molar-refractivity contribution in [1.82, 2.24) is 5.32 Å². The summed E-state index contributed by atoms with van der Waals surface area (Å²) in [5.41, 5.74) is -1.33. The van der Waals surface area contributed by atoms with Crippen LogP contribution in [0.1, 0.15) is 1.43 Å². The van der Waals surface area contributed by atoms with Gasteiger partial charge in [0, 0.05) is 12.4 Å². The third-order valence-corrected chi connectivity index (χ3v) is 3.22. The second-order valence-corrected chi connectivity index (χ2v) is 4.57. The number of nitrogens with one attached hydrogen (secondary N) is 1. The Bertz CT molecular complexity index is 494. The number of aliphatic hydroxyl groups is 2. The van der Waals surface area contributed by atoms with E-state index < -0.39 is 29.0 Å². The Kier molecular flexibility index (Phi) is 4.53. The number of aliphatic imine (C=N–C) groups is 1. The lowest BCUT2D eigenvalue weighted by atomic mass is 9.94. The van der Waals surface area contributed by atoms with Gasteiger partial charge >= 0.3 is 1.43 Å². The van der Waals surface area contributed by atoms with Gasteiger partial charge in [-0.3, -0.25) is 0 Å². The summed E-state index contributed by atoms with van der Waals surface area (Å²) in [7, 11) is 0. The number of fused-ring (bicyclic) bond motifs is 1. The molecule has 10 nitrogen and oxygen atoms in total. The van der Waals surface area contributed by atoms with Crippen LogP contribution < -0.4 is 5.32 Å². The fourth-order valence-corrected chi connectivity index (χ4v) is 2.33. The van der Waals surface area contributed by atoms with Crippen LogP contribution in [0, 0.1) is 15.3 Å². The standard InChI is InChI=1S/C11H14N2O4.NO3/c14-7-5-16-9-8(7)17-6-11(9,15)10-12-3-1-2-4-13-10;2-1(3)4/h1-4,7-9,14-15H,5-6H2,(H,12,13);/q;-1/p+1/t7-,8-,9+,11-;/m1./s1. The minimum Gasteiger partial charge on any atom is -0.388 e. The number of hydrogen-bond donors (Lipinski definition) is 3. The normalized spacial score (nSPS) is 36.9. The SMILES string of the molecule is O=[N+]([O-])[O-].O[C@@H]1CO[C@H]2[C@@H]1OC[C@]2(O)C1=NC=CC=CN1.[H+]. The first-order chi connectivity index (χ1) is 9.95. The second kappa shape index (κ2) is 6.18. The molecule has 0 unspecified atom stereocenters. The van der Waals surface area contributed by atoms with Gasteiger partial charge in [0.15, 0.2) is 5.60 Å². The molecule has 0 aliphatic carbocycles. The number of ether oxygens (including phenoxy) is 2. The molecule has 0 radical (unpaired) electrons. The number of rotatable bonds is 1. The van der Waals surface area contributed by atoms with Crippen molar-refractivity contribution in [3.05, 3.63) is 39.9 Å². The van der Waals surface area contributed by atoms with Gasteiger partial charge in [0.1, 0.15) is 24.1 Å². The highest BCUT2D eigenvalue weighted by Crippen LogP contribution is 2.35. The lowest BCUT2D eigenvalue weighted by Gasteiger charge is -2.27. The molecule has 0 bridgehead atoms. The smallest absolute Gasteiger partial charge is 0.388 e. The summed E-state index contributed by atoms with van der Waals surface area (Å²) in [4.78, 5) is 12.4. The minimum atomic E-state index is -1.75. The van der Waals surface area contributed by atoms with Crippen molar-refractivity contribution in [2.45, 2.75) is 23.9 Å². The molecule has 116 valence electrons. The molecular weight excluding hydrogens is 286 g/mol. The van der Waals surface area contributed by atoms with Crippen LogP contribution in [0.5, 0.6) is 0 Å². The number of nitrogens with zero attached hydrogens (tertiary/aromatic N) is 2. The van der Waals surface area contributed by atoms with E-state index in [4.69, 9.17) is 24.8 Å². The Morgan fingerprint density at radius 3 is 2.90 bits per heavy atom. The van der Waals surface area contributed by atoms with Gasteiger partial charge in [0.25, 0.3) is 0 Å². The molecule has 3 aliphatic heterocycles. The van der Waals surface area contributed by atoms with Crippen molar-refractivity contribution >= 4 is 5.84 Å². The van der Waals surface area contributed by atoms with Crippen LogP contribution in [0.15, 0.2) is 29.5 Å². The van der Waals surface area contributed by atoms with E-state index in [-0.39, 0.29) is 14.6 Å².